The number of anilines is 1. The van der Waals surface area contributed by atoms with Crippen molar-refractivity contribution in [1.29, 1.82) is 0 Å². The Morgan fingerprint density at radius 1 is 0.978 bits per heavy atom. The molecule has 11 heteroatoms. The Bertz CT molecular complexity index is 1890. The predicted octanol–water partition coefficient (Wildman–Crippen LogP) is 8.09. The molecule has 4 aromatic carbocycles. The normalized spacial score (nSPS) is 15.9. The predicted molar refractivity (Wildman–Crippen MR) is 182 cm³/mol. The van der Waals surface area contributed by atoms with Crippen molar-refractivity contribution in [2.45, 2.75) is 29.7 Å². The van der Waals surface area contributed by atoms with Gasteiger partial charge in [0.15, 0.2) is 4.34 Å². The van der Waals surface area contributed by atoms with E-state index in [1.54, 1.807) is 36.4 Å². The molecule has 0 radical (unpaired) electrons. The minimum atomic E-state index is -0.915. The van der Waals surface area contributed by atoms with Crippen molar-refractivity contribution >= 4 is 68.3 Å². The van der Waals surface area contributed by atoms with Gasteiger partial charge in [0.25, 0.3) is 5.78 Å². The average Bonchev–Trinajstić information content (AvgIpc) is 3.62. The molecule has 226 valence electrons. The molecular weight excluding hydrogens is 724 g/mol. The van der Waals surface area contributed by atoms with E-state index in [0.29, 0.717) is 33.6 Å². The summed E-state index contributed by atoms with van der Waals surface area (Å²) in [6.45, 7) is 2.41. The van der Waals surface area contributed by atoms with Crippen molar-refractivity contribution < 1.29 is 23.8 Å². The Balaban J connectivity index is 1.29. The molecule has 1 N–H and O–H groups in total. The molecule has 1 atom stereocenters. The number of rotatable bonds is 9. The number of halogens is 2. The van der Waals surface area contributed by atoms with Crippen LogP contribution in [0.15, 0.2) is 107 Å². The van der Waals surface area contributed by atoms with Gasteiger partial charge in [-0.15, -0.1) is 10.2 Å². The third-order valence-electron chi connectivity index (χ3n) is 7.12. The van der Waals surface area contributed by atoms with Crippen LogP contribution in [0.1, 0.15) is 33.9 Å². The Hall–Kier alpha value is -4.07. The van der Waals surface area contributed by atoms with E-state index in [1.807, 2.05) is 49.4 Å². The van der Waals surface area contributed by atoms with Gasteiger partial charge in [-0.1, -0.05) is 77.2 Å². The molecule has 1 aliphatic rings. The number of nitrogens with zero attached hydrogens (tertiary/aromatic N) is 3. The van der Waals surface area contributed by atoms with Gasteiger partial charge in [0.05, 0.1) is 11.6 Å². The monoisotopic (exact) mass is 749 g/mol. The van der Waals surface area contributed by atoms with E-state index in [1.165, 1.54) is 40.1 Å². The van der Waals surface area contributed by atoms with E-state index < -0.39 is 17.7 Å². The van der Waals surface area contributed by atoms with Crippen molar-refractivity contribution in [3.8, 4) is 5.75 Å². The van der Waals surface area contributed by atoms with Gasteiger partial charge in [-0.25, -0.2) is 4.39 Å². The molecule has 1 amide bonds. The first-order valence-electron chi connectivity index (χ1n) is 13.8. The molecule has 5 aromatic rings. The van der Waals surface area contributed by atoms with E-state index in [2.05, 4.69) is 38.9 Å². The Morgan fingerprint density at radius 2 is 1.71 bits per heavy atom. The topological polar surface area (TPSA) is 92.6 Å². The van der Waals surface area contributed by atoms with Crippen molar-refractivity contribution in [2.75, 3.05) is 4.90 Å². The molecule has 45 heavy (non-hydrogen) atoms. The highest BCUT2D eigenvalue weighted by Gasteiger charge is 2.48. The number of carbonyl (C=O) groups is 2. The molecule has 1 unspecified atom stereocenters. The first kappa shape index (κ1) is 30.9. The highest BCUT2D eigenvalue weighted by molar-refractivity contribution is 14.1. The van der Waals surface area contributed by atoms with E-state index in [4.69, 9.17) is 4.74 Å². The zero-order chi connectivity index (χ0) is 31.5. The number of ketones is 1. The largest absolute Gasteiger partial charge is 0.507 e. The second-order valence-electron chi connectivity index (χ2n) is 10.3. The molecule has 0 spiro atoms. The third kappa shape index (κ3) is 6.95. The summed E-state index contributed by atoms with van der Waals surface area (Å²) >= 11 is 4.75. The first-order valence-corrected chi connectivity index (χ1v) is 16.7. The van der Waals surface area contributed by atoms with Gasteiger partial charge in [-0.3, -0.25) is 14.5 Å². The summed E-state index contributed by atoms with van der Waals surface area (Å²) in [6, 6.07) is 27.5. The van der Waals surface area contributed by atoms with E-state index in [0.717, 1.165) is 20.3 Å². The molecule has 6 rings (SSSR count). The van der Waals surface area contributed by atoms with E-state index >= 15 is 0 Å². The third-order valence-corrected chi connectivity index (χ3v) is 9.97. The number of hydrogen-bond acceptors (Lipinski definition) is 8. The summed E-state index contributed by atoms with van der Waals surface area (Å²) in [5.41, 5.74) is 4.07. The molecule has 1 fully saturated rings. The lowest BCUT2D eigenvalue weighted by Crippen LogP contribution is -2.29. The molecule has 1 aromatic heterocycles. The smallest absolute Gasteiger partial charge is 0.301 e. The number of carbonyl (C=O) groups excluding carboxylic acids is 2. The van der Waals surface area contributed by atoms with Crippen molar-refractivity contribution in [2.24, 2.45) is 0 Å². The summed E-state index contributed by atoms with van der Waals surface area (Å²) in [5.74, 6) is -1.09. The molecule has 0 bridgehead atoms. The molecule has 0 saturated carbocycles. The number of hydrogen-bond donors (Lipinski definition) is 1. The number of aliphatic hydroxyl groups is 1. The van der Waals surface area contributed by atoms with Gasteiger partial charge >= 0.3 is 5.91 Å². The van der Waals surface area contributed by atoms with Gasteiger partial charge in [0.1, 0.15) is 23.9 Å². The number of Topliss-reactive ketones (excluding diaryl/α,β-unsaturated/α-hetero) is 1. The van der Waals surface area contributed by atoms with Crippen LogP contribution in [0.5, 0.6) is 5.75 Å². The first-order chi connectivity index (χ1) is 21.8. The van der Waals surface area contributed by atoms with Crippen LogP contribution in [0.25, 0.3) is 5.76 Å². The zero-order valence-corrected chi connectivity index (χ0v) is 27.6. The Labute approximate surface area is 280 Å². The van der Waals surface area contributed by atoms with Crippen LogP contribution in [0, 0.1) is 16.3 Å². The molecule has 0 aliphatic carbocycles. The number of aryl methyl sites for hydroxylation is 1. The number of aromatic nitrogens is 2. The lowest BCUT2D eigenvalue weighted by atomic mass is 9.95. The van der Waals surface area contributed by atoms with Crippen LogP contribution in [0.3, 0.4) is 0 Å². The SMILES string of the molecule is Cc1cccc(COc2ccc(/C(O)=C3\C(=O)C(=O)N(c4nnc(SCc5ccc(F)cc5)s4)C3c3ccc(I)cc3)cc2)c1. The standard InChI is InChI=1S/C34H25FIN3O4S2/c1-20-3-2-4-22(17-20)18-43-27-15-9-24(10-16-27)30(40)28-29(23-7-13-26(36)14-8-23)39(32(42)31(28)41)33-37-38-34(45-33)44-19-21-5-11-25(35)12-6-21/h2-17,29,40H,18-19H2,1H3/b30-28+. The second kappa shape index (κ2) is 13.5. The van der Waals surface area contributed by atoms with Gasteiger partial charge < -0.3 is 9.84 Å². The average molecular weight is 750 g/mol. The summed E-state index contributed by atoms with van der Waals surface area (Å²) in [6.07, 6.45) is 0. The fourth-order valence-corrected chi connectivity index (χ4v) is 7.09. The van der Waals surface area contributed by atoms with Crippen LogP contribution in [-0.2, 0) is 21.9 Å². The summed E-state index contributed by atoms with van der Waals surface area (Å²) in [4.78, 5) is 28.4. The highest BCUT2D eigenvalue weighted by Crippen LogP contribution is 2.44. The Kier molecular flexibility index (Phi) is 9.29. The molecular formula is C34H25FIN3O4S2. The van der Waals surface area contributed by atoms with E-state index in [9.17, 15) is 19.1 Å². The number of amides is 1. The molecule has 1 aliphatic heterocycles. The number of ether oxygens (including phenoxy) is 1. The van der Waals surface area contributed by atoms with Crippen LogP contribution in [-0.4, -0.2) is 27.0 Å². The minimum absolute atomic E-state index is 0.0367. The second-order valence-corrected chi connectivity index (χ2v) is 13.7. The summed E-state index contributed by atoms with van der Waals surface area (Å²) in [7, 11) is 0. The van der Waals surface area contributed by atoms with Crippen molar-refractivity contribution in [3.05, 3.63) is 140 Å². The van der Waals surface area contributed by atoms with Crippen molar-refractivity contribution in [3.63, 3.8) is 0 Å². The van der Waals surface area contributed by atoms with Crippen LogP contribution in [0.4, 0.5) is 9.52 Å². The van der Waals surface area contributed by atoms with Crippen LogP contribution >= 0.6 is 45.7 Å². The maximum atomic E-state index is 13.5. The van der Waals surface area contributed by atoms with Gasteiger partial charge in [-0.2, -0.15) is 0 Å². The molecule has 1 saturated heterocycles. The van der Waals surface area contributed by atoms with Gasteiger partial charge in [0, 0.05) is 14.9 Å². The summed E-state index contributed by atoms with van der Waals surface area (Å²) < 4.78 is 20.8. The van der Waals surface area contributed by atoms with Crippen molar-refractivity contribution in [1.82, 2.24) is 10.2 Å². The fraction of sp³-hybridized carbons (Fsp3) is 0.118. The Morgan fingerprint density at radius 3 is 2.42 bits per heavy atom. The number of aliphatic hydroxyl groups excluding tert-OH is 1. The zero-order valence-electron chi connectivity index (χ0n) is 23.8. The minimum Gasteiger partial charge on any atom is -0.507 e. The summed E-state index contributed by atoms with van der Waals surface area (Å²) in [5, 5.41) is 20.2. The van der Waals surface area contributed by atoms with Crippen LogP contribution in [0.2, 0.25) is 0 Å². The lowest BCUT2D eigenvalue weighted by Gasteiger charge is -2.22. The highest BCUT2D eigenvalue weighted by atomic mass is 127. The molecule has 2 heterocycles. The maximum Gasteiger partial charge on any atom is 0.301 e. The lowest BCUT2D eigenvalue weighted by molar-refractivity contribution is -0.132. The number of benzene rings is 4. The molecule has 7 nitrogen and oxygen atoms in total. The van der Waals surface area contributed by atoms with Gasteiger partial charge in [0.2, 0.25) is 5.13 Å². The fourth-order valence-electron chi connectivity index (χ4n) is 4.91. The van der Waals surface area contributed by atoms with E-state index in [-0.39, 0.29) is 22.3 Å². The van der Waals surface area contributed by atoms with Gasteiger partial charge in [-0.05, 0) is 94.7 Å². The number of thioether (sulfide) groups is 1. The van der Waals surface area contributed by atoms with Crippen LogP contribution < -0.4 is 9.64 Å². The quantitative estimate of drug-likeness (QED) is 0.0407. The maximum absolute atomic E-state index is 13.5.